The molecule has 0 amide bonds. The van der Waals surface area contributed by atoms with Crippen molar-refractivity contribution in [2.45, 2.75) is 25.4 Å². The summed E-state index contributed by atoms with van der Waals surface area (Å²) in [6.07, 6.45) is 1.34. The summed E-state index contributed by atoms with van der Waals surface area (Å²) in [6.45, 7) is 5.72. The van der Waals surface area contributed by atoms with E-state index < -0.39 is 16.1 Å². The SMILES string of the molecule is [CH2]C(O)C1CC1c1cccc(Cl)c1N(CC)S(C)(=O)=O. The highest BCUT2D eigenvalue weighted by Crippen LogP contribution is 2.53. The molecule has 1 aliphatic carbocycles. The van der Waals surface area contributed by atoms with E-state index in [4.69, 9.17) is 11.6 Å². The van der Waals surface area contributed by atoms with Gasteiger partial charge in [0.25, 0.3) is 0 Å². The van der Waals surface area contributed by atoms with Gasteiger partial charge >= 0.3 is 0 Å². The predicted octanol–water partition coefficient (Wildman–Crippen LogP) is 2.42. The number of nitrogens with zero attached hydrogens (tertiary/aromatic N) is 1. The molecular weight excluding hydrogens is 298 g/mol. The largest absolute Gasteiger partial charge is 0.393 e. The number of sulfonamides is 1. The van der Waals surface area contributed by atoms with Gasteiger partial charge in [-0.1, -0.05) is 23.7 Å². The second-order valence-corrected chi connectivity index (χ2v) is 7.49. The normalized spacial score (nSPS) is 23.4. The van der Waals surface area contributed by atoms with Crippen LogP contribution in [0.2, 0.25) is 5.02 Å². The van der Waals surface area contributed by atoms with E-state index in [-0.39, 0.29) is 11.8 Å². The average Bonchev–Trinajstić information content (AvgIpc) is 3.10. The molecule has 4 nitrogen and oxygen atoms in total. The second-order valence-electron chi connectivity index (χ2n) is 5.18. The molecule has 0 aromatic heterocycles. The molecule has 3 unspecified atom stereocenters. The van der Waals surface area contributed by atoms with E-state index in [1.807, 2.05) is 12.1 Å². The molecule has 1 aliphatic rings. The van der Waals surface area contributed by atoms with Crippen LogP contribution in [0.5, 0.6) is 0 Å². The lowest BCUT2D eigenvalue weighted by Gasteiger charge is -2.25. The topological polar surface area (TPSA) is 57.6 Å². The maximum Gasteiger partial charge on any atom is 0.232 e. The Labute approximate surface area is 125 Å². The molecule has 0 heterocycles. The lowest BCUT2D eigenvalue weighted by atomic mass is 10.0. The van der Waals surface area contributed by atoms with E-state index in [1.165, 1.54) is 10.6 Å². The number of hydrogen-bond donors (Lipinski definition) is 1. The Hall–Kier alpha value is -0.780. The zero-order valence-electron chi connectivity index (χ0n) is 11.6. The molecule has 0 bridgehead atoms. The number of aliphatic hydroxyl groups excluding tert-OH is 1. The molecule has 20 heavy (non-hydrogen) atoms. The van der Waals surface area contributed by atoms with E-state index in [9.17, 15) is 13.5 Å². The first-order chi connectivity index (χ1) is 9.27. The van der Waals surface area contributed by atoms with Crippen molar-refractivity contribution in [3.63, 3.8) is 0 Å². The number of anilines is 1. The van der Waals surface area contributed by atoms with Crippen molar-refractivity contribution < 1.29 is 13.5 Å². The van der Waals surface area contributed by atoms with Crippen molar-refractivity contribution in [1.82, 2.24) is 0 Å². The summed E-state index contributed by atoms with van der Waals surface area (Å²) in [6, 6.07) is 5.37. The van der Waals surface area contributed by atoms with Crippen LogP contribution < -0.4 is 4.31 Å². The Morgan fingerprint density at radius 1 is 1.55 bits per heavy atom. The van der Waals surface area contributed by atoms with Crippen LogP contribution in [0.3, 0.4) is 0 Å². The molecule has 2 rings (SSSR count). The molecule has 1 radical (unpaired) electrons. The summed E-state index contributed by atoms with van der Waals surface area (Å²) in [4.78, 5) is 0. The maximum absolute atomic E-state index is 11.9. The van der Waals surface area contributed by atoms with Crippen molar-refractivity contribution in [2.75, 3.05) is 17.1 Å². The van der Waals surface area contributed by atoms with E-state index in [2.05, 4.69) is 6.92 Å². The Kier molecular flexibility index (Phi) is 4.33. The fourth-order valence-electron chi connectivity index (χ4n) is 2.65. The van der Waals surface area contributed by atoms with Gasteiger partial charge in [-0.05, 0) is 43.7 Å². The molecule has 0 saturated heterocycles. The number of para-hydroxylation sites is 1. The third-order valence-electron chi connectivity index (χ3n) is 3.69. The Bertz CT molecular complexity index is 600. The molecular formula is C14H19ClNO3S. The third-order valence-corrected chi connectivity index (χ3v) is 5.23. The van der Waals surface area contributed by atoms with Crippen molar-refractivity contribution in [1.29, 1.82) is 0 Å². The molecule has 1 fully saturated rings. The lowest BCUT2D eigenvalue weighted by molar-refractivity contribution is 0.194. The highest BCUT2D eigenvalue weighted by Gasteiger charge is 2.43. The van der Waals surface area contributed by atoms with Gasteiger partial charge in [0.1, 0.15) is 0 Å². The molecule has 3 atom stereocenters. The first-order valence-corrected chi connectivity index (χ1v) is 8.77. The molecule has 111 valence electrons. The van der Waals surface area contributed by atoms with Crippen molar-refractivity contribution >= 4 is 27.3 Å². The first kappa shape index (κ1) is 15.6. The van der Waals surface area contributed by atoms with Crippen LogP contribution in [0.15, 0.2) is 18.2 Å². The van der Waals surface area contributed by atoms with Gasteiger partial charge in [0, 0.05) is 6.54 Å². The molecule has 1 saturated carbocycles. The van der Waals surface area contributed by atoms with Gasteiger partial charge in [0.2, 0.25) is 10.0 Å². The summed E-state index contributed by atoms with van der Waals surface area (Å²) in [5.41, 5.74) is 1.41. The van der Waals surface area contributed by atoms with E-state index in [1.54, 1.807) is 13.0 Å². The Morgan fingerprint density at radius 2 is 2.20 bits per heavy atom. The molecule has 0 spiro atoms. The lowest BCUT2D eigenvalue weighted by Crippen LogP contribution is -2.30. The van der Waals surface area contributed by atoms with Crippen molar-refractivity contribution in [3.05, 3.63) is 35.7 Å². The third kappa shape index (κ3) is 2.95. The van der Waals surface area contributed by atoms with Crippen molar-refractivity contribution in [3.8, 4) is 0 Å². The number of hydrogen-bond acceptors (Lipinski definition) is 3. The average molecular weight is 317 g/mol. The zero-order valence-corrected chi connectivity index (χ0v) is 13.2. The summed E-state index contributed by atoms with van der Waals surface area (Å²) in [5, 5.41) is 9.98. The van der Waals surface area contributed by atoms with Crippen LogP contribution in [0, 0.1) is 12.8 Å². The molecule has 1 aromatic carbocycles. The smallest absolute Gasteiger partial charge is 0.232 e. The van der Waals surface area contributed by atoms with Crippen LogP contribution >= 0.6 is 11.6 Å². The van der Waals surface area contributed by atoms with E-state index in [0.29, 0.717) is 17.3 Å². The minimum Gasteiger partial charge on any atom is -0.393 e. The summed E-state index contributed by atoms with van der Waals surface area (Å²) < 4.78 is 25.2. The van der Waals surface area contributed by atoms with Gasteiger partial charge in [-0.15, -0.1) is 0 Å². The molecule has 6 heteroatoms. The monoisotopic (exact) mass is 316 g/mol. The van der Waals surface area contributed by atoms with Gasteiger partial charge in [-0.2, -0.15) is 0 Å². The fourth-order valence-corrected chi connectivity index (χ4v) is 3.99. The van der Waals surface area contributed by atoms with Crippen molar-refractivity contribution in [2.24, 2.45) is 5.92 Å². The van der Waals surface area contributed by atoms with E-state index in [0.717, 1.165) is 12.0 Å². The van der Waals surface area contributed by atoms with Gasteiger partial charge < -0.3 is 5.11 Å². The molecule has 1 N–H and O–H groups in total. The Morgan fingerprint density at radius 3 is 2.65 bits per heavy atom. The molecule has 0 aliphatic heterocycles. The van der Waals surface area contributed by atoms with Gasteiger partial charge in [0.05, 0.1) is 23.1 Å². The minimum atomic E-state index is -3.39. The van der Waals surface area contributed by atoms with Crippen LogP contribution in [-0.4, -0.2) is 32.4 Å². The number of halogens is 1. The fraction of sp³-hybridized carbons (Fsp3) is 0.500. The van der Waals surface area contributed by atoms with Gasteiger partial charge in [0.15, 0.2) is 0 Å². The second kappa shape index (κ2) is 5.54. The predicted molar refractivity (Wildman–Crippen MR) is 81.5 cm³/mol. The molecule has 1 aromatic rings. The highest BCUT2D eigenvalue weighted by atomic mass is 35.5. The van der Waals surface area contributed by atoms with Gasteiger partial charge in [-0.3, -0.25) is 4.31 Å². The number of aliphatic hydroxyl groups is 1. The van der Waals surface area contributed by atoms with Crippen LogP contribution in [0.25, 0.3) is 0 Å². The summed E-state index contributed by atoms with van der Waals surface area (Å²) in [7, 11) is -3.39. The summed E-state index contributed by atoms with van der Waals surface area (Å²) >= 11 is 6.22. The highest BCUT2D eigenvalue weighted by molar-refractivity contribution is 7.92. The summed E-state index contributed by atoms with van der Waals surface area (Å²) in [5.74, 6) is 0.192. The van der Waals surface area contributed by atoms with Crippen LogP contribution in [0.1, 0.15) is 24.8 Å². The zero-order chi connectivity index (χ0) is 15.1. The van der Waals surface area contributed by atoms with Crippen LogP contribution in [0.4, 0.5) is 5.69 Å². The Balaban J connectivity index is 2.48. The first-order valence-electron chi connectivity index (χ1n) is 6.54. The quantitative estimate of drug-likeness (QED) is 0.907. The van der Waals surface area contributed by atoms with Gasteiger partial charge in [-0.25, -0.2) is 8.42 Å². The van der Waals surface area contributed by atoms with Crippen LogP contribution in [-0.2, 0) is 10.0 Å². The number of benzene rings is 1. The number of rotatable bonds is 5. The van der Waals surface area contributed by atoms with E-state index >= 15 is 0 Å². The maximum atomic E-state index is 11.9. The standard InChI is InChI=1S/C14H19ClNO3S/c1-4-16(20(3,18)19)14-10(6-5-7-13(14)15)12-8-11(12)9(2)17/h5-7,9,11-12,17H,2,4,8H2,1,3H3. The minimum absolute atomic E-state index is 0.0745.